The molecule has 0 unspecified atom stereocenters. The number of halogens is 1. The number of nitrogens with one attached hydrogen (secondary N) is 2. The molecule has 2 saturated heterocycles. The van der Waals surface area contributed by atoms with E-state index in [0.29, 0.717) is 34.9 Å². The van der Waals surface area contributed by atoms with Crippen molar-refractivity contribution >= 4 is 40.7 Å². The number of likely N-dealkylation sites (tertiary alicyclic amines) is 1. The first-order valence-corrected chi connectivity index (χ1v) is 13.9. The van der Waals surface area contributed by atoms with E-state index in [1.54, 1.807) is 12.1 Å². The van der Waals surface area contributed by atoms with Gasteiger partial charge in [-0.15, -0.1) is 11.3 Å². The van der Waals surface area contributed by atoms with Gasteiger partial charge in [0.1, 0.15) is 11.4 Å². The molecular weight excluding hydrogens is 530 g/mol. The van der Waals surface area contributed by atoms with E-state index >= 15 is 0 Å². The molecule has 0 aromatic carbocycles. The molecule has 0 spiro atoms. The number of piperidine rings is 1. The summed E-state index contributed by atoms with van der Waals surface area (Å²) in [5.74, 6) is -0.371. The largest absolute Gasteiger partial charge is 0.355 e. The van der Waals surface area contributed by atoms with Crippen LogP contribution in [0.2, 0.25) is 4.34 Å². The summed E-state index contributed by atoms with van der Waals surface area (Å²) in [6.07, 6.45) is 1.71. The highest BCUT2D eigenvalue weighted by molar-refractivity contribution is 7.19. The molecular formula is C25H30ClN7O4S. The maximum absolute atomic E-state index is 13.4. The van der Waals surface area contributed by atoms with Gasteiger partial charge in [-0.2, -0.15) is 5.10 Å². The molecule has 5 rings (SSSR count). The summed E-state index contributed by atoms with van der Waals surface area (Å²) in [7, 11) is 0. The van der Waals surface area contributed by atoms with Gasteiger partial charge in [0, 0.05) is 50.4 Å². The number of hydrogen-bond donors (Lipinski definition) is 2. The standard InChI is InChI=1S/C25H30ClN7O4S/c1-15(2)31-8-5-16(6-9-31)28-24(35)18-12-19(25(36)32-10-7-27-23(34)14-32)33(29-18)13-17-11-20(37-30-17)21-3-4-22(26)38-21/h3-4,11-12,15-16H,5-10,13-14H2,1-2H3,(H,27,34)(H,28,35). The number of nitrogens with zero attached hydrogens (tertiary/aromatic N) is 5. The highest BCUT2D eigenvalue weighted by Crippen LogP contribution is 2.31. The molecule has 0 saturated carbocycles. The summed E-state index contributed by atoms with van der Waals surface area (Å²) >= 11 is 7.41. The van der Waals surface area contributed by atoms with E-state index in [2.05, 4.69) is 39.6 Å². The predicted octanol–water partition coefficient (Wildman–Crippen LogP) is 2.48. The number of hydrogen-bond acceptors (Lipinski definition) is 8. The summed E-state index contributed by atoms with van der Waals surface area (Å²) in [5, 5.41) is 14.4. The fourth-order valence-electron chi connectivity index (χ4n) is 4.72. The zero-order valence-corrected chi connectivity index (χ0v) is 22.8. The van der Waals surface area contributed by atoms with Crippen LogP contribution in [0.3, 0.4) is 0 Å². The highest BCUT2D eigenvalue weighted by atomic mass is 35.5. The fourth-order valence-corrected chi connectivity index (χ4v) is 5.71. The topological polar surface area (TPSA) is 126 Å². The van der Waals surface area contributed by atoms with E-state index in [-0.39, 0.29) is 48.2 Å². The first-order chi connectivity index (χ1) is 18.3. The maximum atomic E-state index is 13.4. The minimum absolute atomic E-state index is 0.0447. The van der Waals surface area contributed by atoms with Gasteiger partial charge in [0.15, 0.2) is 11.5 Å². The van der Waals surface area contributed by atoms with E-state index in [9.17, 15) is 14.4 Å². The molecule has 2 aliphatic heterocycles. The van der Waals surface area contributed by atoms with Crippen LogP contribution < -0.4 is 10.6 Å². The first-order valence-electron chi connectivity index (χ1n) is 12.7. The SMILES string of the molecule is CC(C)N1CCC(NC(=O)c2cc(C(=O)N3CCNC(=O)C3)n(Cc3cc(-c4ccc(Cl)s4)on3)n2)CC1. The molecule has 3 amide bonds. The van der Waals surface area contributed by atoms with Crippen LogP contribution in [0.25, 0.3) is 10.6 Å². The Kier molecular flexibility index (Phi) is 7.82. The number of thiophene rings is 1. The van der Waals surface area contributed by atoms with E-state index in [0.717, 1.165) is 30.8 Å². The van der Waals surface area contributed by atoms with Crippen molar-refractivity contribution in [1.29, 1.82) is 0 Å². The quantitative estimate of drug-likeness (QED) is 0.455. The number of aromatic nitrogens is 3. The Bertz CT molecular complexity index is 1320. The van der Waals surface area contributed by atoms with Crippen LogP contribution in [0.15, 0.2) is 28.8 Å². The number of carbonyl (C=O) groups excluding carboxylic acids is 3. The molecule has 0 radical (unpaired) electrons. The van der Waals surface area contributed by atoms with Gasteiger partial charge in [0.05, 0.1) is 22.3 Å². The summed E-state index contributed by atoms with van der Waals surface area (Å²) in [6, 6.07) is 7.39. The summed E-state index contributed by atoms with van der Waals surface area (Å²) < 4.78 is 7.56. The molecule has 202 valence electrons. The number of amides is 3. The van der Waals surface area contributed by atoms with Crippen LogP contribution in [0.5, 0.6) is 0 Å². The maximum Gasteiger partial charge on any atom is 0.272 e. The molecule has 13 heteroatoms. The monoisotopic (exact) mass is 559 g/mol. The average molecular weight is 560 g/mol. The third kappa shape index (κ3) is 5.92. The molecule has 0 atom stereocenters. The Morgan fingerprint density at radius 1 is 1.24 bits per heavy atom. The zero-order valence-electron chi connectivity index (χ0n) is 21.3. The second-order valence-electron chi connectivity index (χ2n) is 9.81. The van der Waals surface area contributed by atoms with Crippen molar-refractivity contribution in [2.45, 2.75) is 45.3 Å². The minimum atomic E-state index is -0.370. The predicted molar refractivity (Wildman–Crippen MR) is 142 cm³/mol. The molecule has 2 aliphatic rings. The average Bonchev–Trinajstić information content (AvgIpc) is 3.64. The Morgan fingerprint density at radius 2 is 2.03 bits per heavy atom. The van der Waals surface area contributed by atoms with Crippen LogP contribution in [-0.2, 0) is 11.3 Å². The molecule has 2 fully saturated rings. The van der Waals surface area contributed by atoms with Gasteiger partial charge < -0.3 is 25.0 Å². The Morgan fingerprint density at radius 3 is 2.71 bits per heavy atom. The second kappa shape index (κ2) is 11.3. The highest BCUT2D eigenvalue weighted by Gasteiger charge is 2.29. The fraction of sp³-hybridized carbons (Fsp3) is 0.480. The number of piperazine rings is 1. The van der Waals surface area contributed by atoms with Crippen molar-refractivity contribution in [3.05, 3.63) is 45.7 Å². The Labute approximate surface area is 229 Å². The molecule has 0 aliphatic carbocycles. The van der Waals surface area contributed by atoms with Gasteiger partial charge in [-0.3, -0.25) is 19.1 Å². The smallest absolute Gasteiger partial charge is 0.272 e. The van der Waals surface area contributed by atoms with E-state index in [4.69, 9.17) is 16.1 Å². The van der Waals surface area contributed by atoms with Crippen molar-refractivity contribution in [3.63, 3.8) is 0 Å². The lowest BCUT2D eigenvalue weighted by molar-refractivity contribution is -0.123. The van der Waals surface area contributed by atoms with Crippen LogP contribution in [-0.4, -0.2) is 87.3 Å². The van der Waals surface area contributed by atoms with Crippen LogP contribution in [0.4, 0.5) is 0 Å². The Hall–Kier alpha value is -3.22. The minimum Gasteiger partial charge on any atom is -0.355 e. The van der Waals surface area contributed by atoms with Crippen molar-refractivity contribution in [2.24, 2.45) is 0 Å². The van der Waals surface area contributed by atoms with Crippen molar-refractivity contribution in [1.82, 2.24) is 35.4 Å². The molecule has 5 heterocycles. The van der Waals surface area contributed by atoms with Crippen molar-refractivity contribution in [2.75, 3.05) is 32.7 Å². The van der Waals surface area contributed by atoms with Gasteiger partial charge in [0.2, 0.25) is 5.91 Å². The normalized spacial score (nSPS) is 17.2. The van der Waals surface area contributed by atoms with Gasteiger partial charge in [0.25, 0.3) is 11.8 Å². The number of rotatable bonds is 7. The number of carbonyl (C=O) groups is 3. The van der Waals surface area contributed by atoms with Gasteiger partial charge in [-0.25, -0.2) is 0 Å². The summed E-state index contributed by atoms with van der Waals surface area (Å²) in [6.45, 7) is 6.99. The van der Waals surface area contributed by atoms with E-state index in [1.807, 2.05) is 6.07 Å². The molecule has 2 N–H and O–H groups in total. The van der Waals surface area contributed by atoms with Crippen molar-refractivity contribution < 1.29 is 18.9 Å². The third-order valence-corrected chi connectivity index (χ3v) is 8.08. The Balaban J connectivity index is 1.36. The van der Waals surface area contributed by atoms with Crippen molar-refractivity contribution in [3.8, 4) is 10.6 Å². The zero-order chi connectivity index (χ0) is 26.8. The summed E-state index contributed by atoms with van der Waals surface area (Å²) in [5.41, 5.74) is 0.893. The van der Waals surface area contributed by atoms with Gasteiger partial charge in [-0.05, 0) is 38.8 Å². The summed E-state index contributed by atoms with van der Waals surface area (Å²) in [4.78, 5) is 43.1. The first kappa shape index (κ1) is 26.4. The molecule has 11 nitrogen and oxygen atoms in total. The van der Waals surface area contributed by atoms with Crippen LogP contribution in [0.1, 0.15) is 53.4 Å². The van der Waals surface area contributed by atoms with Gasteiger partial charge >= 0.3 is 0 Å². The van der Waals surface area contributed by atoms with E-state index in [1.165, 1.54) is 27.0 Å². The molecule has 38 heavy (non-hydrogen) atoms. The lowest BCUT2D eigenvalue weighted by Gasteiger charge is -2.34. The molecule has 3 aromatic heterocycles. The molecule has 3 aromatic rings. The van der Waals surface area contributed by atoms with Crippen LogP contribution >= 0.6 is 22.9 Å². The van der Waals surface area contributed by atoms with Crippen LogP contribution in [0, 0.1) is 0 Å². The lowest BCUT2D eigenvalue weighted by atomic mass is 10.0. The molecule has 0 bridgehead atoms. The lowest BCUT2D eigenvalue weighted by Crippen LogP contribution is -2.50. The van der Waals surface area contributed by atoms with Gasteiger partial charge in [-0.1, -0.05) is 16.8 Å². The third-order valence-electron chi connectivity index (χ3n) is 6.84. The second-order valence-corrected chi connectivity index (χ2v) is 11.5. The van der Waals surface area contributed by atoms with E-state index < -0.39 is 0 Å².